The maximum absolute atomic E-state index is 8.61. The van der Waals surface area contributed by atoms with E-state index in [-0.39, 0.29) is 6.61 Å². The predicted octanol–water partition coefficient (Wildman–Crippen LogP) is 1.71. The molecule has 1 N–H and O–H groups in total. The molecule has 1 heterocycles. The highest BCUT2D eigenvalue weighted by atomic mass is 32.2. The van der Waals surface area contributed by atoms with Crippen LogP contribution in [0.5, 0.6) is 5.88 Å². The number of methoxy groups -OCH3 is 1. The molecule has 0 saturated heterocycles. The number of thioether (sulfide) groups is 1. The molecule has 14 heavy (non-hydrogen) atoms. The Morgan fingerprint density at radius 1 is 1.57 bits per heavy atom. The first-order valence-corrected chi connectivity index (χ1v) is 5.70. The Labute approximate surface area is 88.5 Å². The molecular formula is C10H15NO2S. The minimum absolute atomic E-state index is 0.261. The van der Waals surface area contributed by atoms with Gasteiger partial charge in [-0.1, -0.05) is 6.07 Å². The summed E-state index contributed by atoms with van der Waals surface area (Å²) in [5, 5.41) is 8.61. The van der Waals surface area contributed by atoms with Crippen LogP contribution in [0.1, 0.15) is 12.0 Å². The van der Waals surface area contributed by atoms with Crippen LogP contribution in [-0.4, -0.2) is 29.6 Å². The lowest BCUT2D eigenvalue weighted by atomic mass is 10.3. The first kappa shape index (κ1) is 11.3. The lowest BCUT2D eigenvalue weighted by molar-refractivity contribution is 0.296. The SMILES string of the molecule is COc1ncccc1CSCCCO. The molecule has 0 aromatic carbocycles. The fourth-order valence-corrected chi connectivity index (χ4v) is 1.98. The lowest BCUT2D eigenvalue weighted by Gasteiger charge is -2.05. The zero-order valence-electron chi connectivity index (χ0n) is 8.27. The number of nitrogens with zero attached hydrogens (tertiary/aromatic N) is 1. The molecule has 0 fully saturated rings. The molecule has 0 aliphatic rings. The van der Waals surface area contributed by atoms with E-state index < -0.39 is 0 Å². The molecule has 1 rings (SSSR count). The van der Waals surface area contributed by atoms with Gasteiger partial charge < -0.3 is 9.84 Å². The number of aliphatic hydroxyl groups excluding tert-OH is 1. The summed E-state index contributed by atoms with van der Waals surface area (Å²) in [4.78, 5) is 4.11. The van der Waals surface area contributed by atoms with E-state index in [9.17, 15) is 0 Å². The second kappa shape index (κ2) is 6.68. The normalized spacial score (nSPS) is 10.1. The van der Waals surface area contributed by atoms with E-state index in [1.807, 2.05) is 12.1 Å². The maximum atomic E-state index is 8.61. The monoisotopic (exact) mass is 213 g/mol. The fourth-order valence-electron chi connectivity index (χ4n) is 1.07. The van der Waals surface area contributed by atoms with Crippen LogP contribution in [0.3, 0.4) is 0 Å². The van der Waals surface area contributed by atoms with E-state index in [2.05, 4.69) is 4.98 Å². The van der Waals surface area contributed by atoms with Gasteiger partial charge in [-0.05, 0) is 18.2 Å². The highest BCUT2D eigenvalue weighted by Crippen LogP contribution is 2.20. The third-order valence-corrected chi connectivity index (χ3v) is 2.84. The third kappa shape index (κ3) is 3.55. The van der Waals surface area contributed by atoms with Crippen molar-refractivity contribution in [3.63, 3.8) is 0 Å². The van der Waals surface area contributed by atoms with Crippen LogP contribution < -0.4 is 4.74 Å². The van der Waals surface area contributed by atoms with Gasteiger partial charge >= 0.3 is 0 Å². The van der Waals surface area contributed by atoms with Crippen LogP contribution in [0.25, 0.3) is 0 Å². The molecule has 4 heteroatoms. The molecular weight excluding hydrogens is 198 g/mol. The fraction of sp³-hybridized carbons (Fsp3) is 0.500. The zero-order chi connectivity index (χ0) is 10.2. The molecule has 78 valence electrons. The summed E-state index contributed by atoms with van der Waals surface area (Å²) >= 11 is 1.78. The van der Waals surface area contributed by atoms with Gasteiger partial charge in [0.05, 0.1) is 7.11 Å². The van der Waals surface area contributed by atoms with Crippen molar-refractivity contribution < 1.29 is 9.84 Å². The van der Waals surface area contributed by atoms with Gasteiger partial charge in [0.2, 0.25) is 5.88 Å². The van der Waals surface area contributed by atoms with E-state index >= 15 is 0 Å². The molecule has 0 aliphatic heterocycles. The molecule has 0 bridgehead atoms. The summed E-state index contributed by atoms with van der Waals surface area (Å²) in [6, 6.07) is 3.92. The van der Waals surface area contributed by atoms with Gasteiger partial charge in [0, 0.05) is 24.1 Å². The summed E-state index contributed by atoms with van der Waals surface area (Å²) < 4.78 is 5.13. The molecule has 0 spiro atoms. The molecule has 0 aliphatic carbocycles. The van der Waals surface area contributed by atoms with Gasteiger partial charge in [-0.2, -0.15) is 11.8 Å². The number of pyridine rings is 1. The van der Waals surface area contributed by atoms with E-state index in [0.29, 0.717) is 5.88 Å². The van der Waals surface area contributed by atoms with Gasteiger partial charge in [0.15, 0.2) is 0 Å². The van der Waals surface area contributed by atoms with Crippen LogP contribution in [-0.2, 0) is 5.75 Å². The van der Waals surface area contributed by atoms with Gasteiger partial charge in [0.1, 0.15) is 0 Å². The van der Waals surface area contributed by atoms with E-state index in [0.717, 1.165) is 23.5 Å². The number of rotatable bonds is 6. The number of hydrogen-bond donors (Lipinski definition) is 1. The Kier molecular flexibility index (Phi) is 5.40. The highest BCUT2D eigenvalue weighted by Gasteiger charge is 2.02. The van der Waals surface area contributed by atoms with Crippen molar-refractivity contribution in [1.29, 1.82) is 0 Å². The smallest absolute Gasteiger partial charge is 0.217 e. The predicted molar refractivity (Wildman–Crippen MR) is 58.7 cm³/mol. The van der Waals surface area contributed by atoms with Crippen molar-refractivity contribution in [3.8, 4) is 5.88 Å². The minimum Gasteiger partial charge on any atom is -0.481 e. The van der Waals surface area contributed by atoms with Crippen molar-refractivity contribution in [3.05, 3.63) is 23.9 Å². The van der Waals surface area contributed by atoms with Crippen LogP contribution in [0, 0.1) is 0 Å². The number of aliphatic hydroxyl groups is 1. The molecule has 0 atom stereocenters. The Hall–Kier alpha value is -0.740. The van der Waals surface area contributed by atoms with Crippen molar-refractivity contribution in [2.24, 2.45) is 0 Å². The zero-order valence-corrected chi connectivity index (χ0v) is 9.09. The molecule has 1 aromatic heterocycles. The lowest BCUT2D eigenvalue weighted by Crippen LogP contribution is -1.94. The molecule has 0 radical (unpaired) electrons. The molecule has 0 saturated carbocycles. The number of aromatic nitrogens is 1. The second-order valence-corrected chi connectivity index (χ2v) is 3.91. The van der Waals surface area contributed by atoms with E-state index in [4.69, 9.17) is 9.84 Å². The molecule has 0 amide bonds. The molecule has 3 nitrogen and oxygen atoms in total. The van der Waals surface area contributed by atoms with Crippen molar-refractivity contribution >= 4 is 11.8 Å². The van der Waals surface area contributed by atoms with Gasteiger partial charge in [-0.3, -0.25) is 0 Å². The summed E-state index contributed by atoms with van der Waals surface area (Å²) in [6.45, 7) is 0.261. The number of hydrogen-bond acceptors (Lipinski definition) is 4. The van der Waals surface area contributed by atoms with Crippen molar-refractivity contribution in [2.45, 2.75) is 12.2 Å². The van der Waals surface area contributed by atoms with Gasteiger partial charge in [-0.25, -0.2) is 4.98 Å². The Morgan fingerprint density at radius 2 is 2.43 bits per heavy atom. The third-order valence-electron chi connectivity index (χ3n) is 1.75. The average molecular weight is 213 g/mol. The minimum atomic E-state index is 0.261. The van der Waals surface area contributed by atoms with Crippen LogP contribution >= 0.6 is 11.8 Å². The van der Waals surface area contributed by atoms with Crippen molar-refractivity contribution in [2.75, 3.05) is 19.5 Å². The first-order valence-electron chi connectivity index (χ1n) is 4.55. The topological polar surface area (TPSA) is 42.4 Å². The Balaban J connectivity index is 2.41. The standard InChI is InChI=1S/C10H15NO2S/c1-13-10-9(4-2-5-11-10)8-14-7-3-6-12/h2,4-5,12H,3,6-8H2,1H3. The van der Waals surface area contributed by atoms with E-state index in [1.54, 1.807) is 25.1 Å². The quantitative estimate of drug-likeness (QED) is 0.730. The number of ether oxygens (including phenoxy) is 1. The largest absolute Gasteiger partial charge is 0.481 e. The summed E-state index contributed by atoms with van der Waals surface area (Å²) in [6.07, 6.45) is 2.56. The van der Waals surface area contributed by atoms with Crippen LogP contribution in [0.2, 0.25) is 0 Å². The molecule has 1 aromatic rings. The van der Waals surface area contributed by atoms with Crippen LogP contribution in [0.4, 0.5) is 0 Å². The summed E-state index contributed by atoms with van der Waals surface area (Å²) in [5.41, 5.74) is 1.11. The molecule has 0 unspecified atom stereocenters. The summed E-state index contributed by atoms with van der Waals surface area (Å²) in [7, 11) is 1.63. The Morgan fingerprint density at radius 3 is 3.14 bits per heavy atom. The van der Waals surface area contributed by atoms with Crippen LogP contribution in [0.15, 0.2) is 18.3 Å². The highest BCUT2D eigenvalue weighted by molar-refractivity contribution is 7.98. The Bertz CT molecular complexity index is 268. The summed E-state index contributed by atoms with van der Waals surface area (Å²) in [5.74, 6) is 2.55. The maximum Gasteiger partial charge on any atom is 0.217 e. The van der Waals surface area contributed by atoms with E-state index in [1.165, 1.54) is 0 Å². The van der Waals surface area contributed by atoms with Gasteiger partial charge in [-0.15, -0.1) is 0 Å². The first-order chi connectivity index (χ1) is 6.88. The van der Waals surface area contributed by atoms with Gasteiger partial charge in [0.25, 0.3) is 0 Å². The second-order valence-electron chi connectivity index (χ2n) is 2.80. The van der Waals surface area contributed by atoms with Crippen molar-refractivity contribution in [1.82, 2.24) is 4.98 Å². The average Bonchev–Trinajstić information content (AvgIpc) is 2.25.